The van der Waals surface area contributed by atoms with Crippen molar-refractivity contribution in [2.24, 2.45) is 0 Å². The van der Waals surface area contributed by atoms with Crippen LogP contribution in [0.2, 0.25) is 0 Å². The van der Waals surface area contributed by atoms with Gasteiger partial charge in [0.2, 0.25) is 5.91 Å². The average Bonchev–Trinajstić information content (AvgIpc) is 3.23. The van der Waals surface area contributed by atoms with E-state index in [-0.39, 0.29) is 5.91 Å². The first-order valence-corrected chi connectivity index (χ1v) is 9.51. The van der Waals surface area contributed by atoms with Crippen molar-refractivity contribution in [3.63, 3.8) is 0 Å². The molecule has 5 nitrogen and oxygen atoms in total. The summed E-state index contributed by atoms with van der Waals surface area (Å²) >= 11 is 3.04. The van der Waals surface area contributed by atoms with Crippen LogP contribution in [0, 0.1) is 6.92 Å². The standard InChI is InChI=1S/C17H18N4OS2/c1-3-21-16(14-9-6-10-23-14)19-20-17(21)24-11-15(22)18-13-8-5-4-7-12(13)2/h4-10H,3,11H2,1-2H3,(H,18,22). The molecule has 24 heavy (non-hydrogen) atoms. The Morgan fingerprint density at radius 3 is 2.79 bits per heavy atom. The first kappa shape index (κ1) is 16.7. The van der Waals surface area contributed by atoms with Crippen molar-refractivity contribution in [2.45, 2.75) is 25.5 Å². The zero-order valence-corrected chi connectivity index (χ0v) is 15.2. The molecule has 3 rings (SSSR count). The van der Waals surface area contributed by atoms with E-state index in [0.29, 0.717) is 5.75 Å². The molecule has 0 radical (unpaired) electrons. The van der Waals surface area contributed by atoms with Crippen molar-refractivity contribution in [3.8, 4) is 10.7 Å². The first-order valence-electron chi connectivity index (χ1n) is 7.64. The lowest BCUT2D eigenvalue weighted by Crippen LogP contribution is -2.15. The zero-order valence-electron chi connectivity index (χ0n) is 13.5. The number of aromatic nitrogens is 3. The number of nitrogens with one attached hydrogen (secondary N) is 1. The fraction of sp³-hybridized carbons (Fsp3) is 0.235. The summed E-state index contributed by atoms with van der Waals surface area (Å²) in [5.41, 5.74) is 1.90. The maximum absolute atomic E-state index is 12.2. The topological polar surface area (TPSA) is 59.8 Å². The summed E-state index contributed by atoms with van der Waals surface area (Å²) in [6, 6.07) is 11.8. The van der Waals surface area contributed by atoms with Gasteiger partial charge in [0.25, 0.3) is 0 Å². The first-order chi connectivity index (χ1) is 11.7. The second kappa shape index (κ2) is 7.63. The second-order valence-electron chi connectivity index (χ2n) is 5.18. The van der Waals surface area contributed by atoms with Gasteiger partial charge in [0.1, 0.15) is 0 Å². The molecule has 0 aliphatic rings. The minimum Gasteiger partial charge on any atom is -0.325 e. The molecule has 3 aromatic rings. The van der Waals surface area contributed by atoms with Gasteiger partial charge in [-0.2, -0.15) is 0 Å². The minimum atomic E-state index is -0.0439. The Labute approximate surface area is 149 Å². The summed E-state index contributed by atoms with van der Waals surface area (Å²) in [7, 11) is 0. The molecule has 0 bridgehead atoms. The number of carbonyl (C=O) groups is 1. The van der Waals surface area contributed by atoms with Gasteiger partial charge in [0, 0.05) is 12.2 Å². The zero-order chi connectivity index (χ0) is 16.9. The number of thioether (sulfide) groups is 1. The van der Waals surface area contributed by atoms with Crippen LogP contribution in [0.3, 0.4) is 0 Å². The Bertz CT molecular complexity index is 827. The molecule has 124 valence electrons. The van der Waals surface area contributed by atoms with E-state index in [0.717, 1.165) is 33.7 Å². The molecule has 7 heteroatoms. The van der Waals surface area contributed by atoms with Crippen LogP contribution in [0.25, 0.3) is 10.7 Å². The lowest BCUT2D eigenvalue weighted by atomic mass is 10.2. The van der Waals surface area contributed by atoms with Crippen molar-refractivity contribution < 1.29 is 4.79 Å². The number of rotatable bonds is 6. The molecule has 0 atom stereocenters. The quantitative estimate of drug-likeness (QED) is 0.675. The molecule has 0 saturated heterocycles. The molecule has 0 aliphatic heterocycles. The SMILES string of the molecule is CCn1c(SCC(=O)Nc2ccccc2C)nnc1-c1cccs1. The highest BCUT2D eigenvalue weighted by Gasteiger charge is 2.15. The summed E-state index contributed by atoms with van der Waals surface area (Å²) in [4.78, 5) is 13.3. The fourth-order valence-corrected chi connectivity index (χ4v) is 3.82. The van der Waals surface area contributed by atoms with Crippen molar-refractivity contribution >= 4 is 34.7 Å². The Kier molecular flexibility index (Phi) is 5.32. The molecule has 1 N–H and O–H groups in total. The van der Waals surface area contributed by atoms with Crippen molar-refractivity contribution in [1.29, 1.82) is 0 Å². The number of benzene rings is 1. The van der Waals surface area contributed by atoms with Gasteiger partial charge < -0.3 is 9.88 Å². The lowest BCUT2D eigenvalue weighted by molar-refractivity contribution is -0.113. The van der Waals surface area contributed by atoms with E-state index in [4.69, 9.17) is 0 Å². The predicted molar refractivity (Wildman–Crippen MR) is 99.5 cm³/mol. The van der Waals surface area contributed by atoms with Gasteiger partial charge in [-0.1, -0.05) is 36.0 Å². The number of hydrogen-bond acceptors (Lipinski definition) is 5. The van der Waals surface area contributed by atoms with Crippen LogP contribution in [0.5, 0.6) is 0 Å². The minimum absolute atomic E-state index is 0.0439. The molecular weight excluding hydrogens is 340 g/mol. The maximum atomic E-state index is 12.2. The van der Waals surface area contributed by atoms with Gasteiger partial charge in [0.05, 0.1) is 10.6 Å². The Morgan fingerprint density at radius 2 is 2.08 bits per heavy atom. The fourth-order valence-electron chi connectivity index (χ4n) is 2.30. The van der Waals surface area contributed by atoms with E-state index in [1.165, 1.54) is 11.8 Å². The molecule has 0 spiro atoms. The van der Waals surface area contributed by atoms with E-state index in [1.54, 1.807) is 11.3 Å². The van der Waals surface area contributed by atoms with Crippen LogP contribution < -0.4 is 5.32 Å². The Morgan fingerprint density at radius 1 is 1.25 bits per heavy atom. The molecule has 1 amide bonds. The van der Waals surface area contributed by atoms with Gasteiger partial charge in [-0.05, 0) is 36.9 Å². The van der Waals surface area contributed by atoms with E-state index in [1.807, 2.05) is 53.3 Å². The average molecular weight is 358 g/mol. The number of carbonyl (C=O) groups excluding carboxylic acids is 1. The van der Waals surface area contributed by atoms with E-state index >= 15 is 0 Å². The highest BCUT2D eigenvalue weighted by Crippen LogP contribution is 2.27. The van der Waals surface area contributed by atoms with Crippen molar-refractivity contribution in [1.82, 2.24) is 14.8 Å². The predicted octanol–water partition coefficient (Wildman–Crippen LogP) is 4.07. The molecule has 0 saturated carbocycles. The molecule has 0 aliphatic carbocycles. The third-order valence-electron chi connectivity index (χ3n) is 3.53. The molecule has 0 fully saturated rings. The third-order valence-corrected chi connectivity index (χ3v) is 5.36. The van der Waals surface area contributed by atoms with Crippen molar-refractivity contribution in [3.05, 3.63) is 47.3 Å². The summed E-state index contributed by atoms with van der Waals surface area (Å²) < 4.78 is 2.04. The van der Waals surface area contributed by atoms with E-state index in [9.17, 15) is 4.79 Å². The monoisotopic (exact) mass is 358 g/mol. The molecule has 0 unspecified atom stereocenters. The normalized spacial score (nSPS) is 10.8. The number of amides is 1. The Balaban J connectivity index is 1.67. The number of anilines is 1. The van der Waals surface area contributed by atoms with Crippen LogP contribution in [0.1, 0.15) is 12.5 Å². The molecular formula is C17H18N4OS2. The van der Waals surface area contributed by atoms with Gasteiger partial charge in [-0.15, -0.1) is 21.5 Å². The summed E-state index contributed by atoms with van der Waals surface area (Å²) in [5.74, 6) is 1.11. The van der Waals surface area contributed by atoms with Crippen molar-refractivity contribution in [2.75, 3.05) is 11.1 Å². The van der Waals surface area contributed by atoms with E-state index < -0.39 is 0 Å². The summed E-state index contributed by atoms with van der Waals surface area (Å²) in [6.07, 6.45) is 0. The summed E-state index contributed by atoms with van der Waals surface area (Å²) in [5, 5.41) is 14.2. The van der Waals surface area contributed by atoms with Crippen LogP contribution in [-0.4, -0.2) is 26.4 Å². The number of para-hydroxylation sites is 1. The number of hydrogen-bond donors (Lipinski definition) is 1. The van der Waals surface area contributed by atoms with Gasteiger partial charge in [-0.25, -0.2) is 0 Å². The number of aryl methyl sites for hydroxylation is 1. The highest BCUT2D eigenvalue weighted by atomic mass is 32.2. The Hall–Kier alpha value is -2.12. The number of nitrogens with zero attached hydrogens (tertiary/aromatic N) is 3. The smallest absolute Gasteiger partial charge is 0.234 e. The molecule has 2 aromatic heterocycles. The van der Waals surface area contributed by atoms with Gasteiger partial charge in [0.15, 0.2) is 11.0 Å². The maximum Gasteiger partial charge on any atom is 0.234 e. The van der Waals surface area contributed by atoms with Crippen LogP contribution in [0.15, 0.2) is 46.9 Å². The van der Waals surface area contributed by atoms with Crippen LogP contribution in [-0.2, 0) is 11.3 Å². The largest absolute Gasteiger partial charge is 0.325 e. The molecule has 2 heterocycles. The van der Waals surface area contributed by atoms with E-state index in [2.05, 4.69) is 22.4 Å². The third kappa shape index (κ3) is 3.68. The lowest BCUT2D eigenvalue weighted by Gasteiger charge is -2.08. The summed E-state index contributed by atoms with van der Waals surface area (Å²) in [6.45, 7) is 4.80. The molecule has 1 aromatic carbocycles. The highest BCUT2D eigenvalue weighted by molar-refractivity contribution is 7.99. The van der Waals surface area contributed by atoms with Gasteiger partial charge >= 0.3 is 0 Å². The van der Waals surface area contributed by atoms with Crippen LogP contribution in [0.4, 0.5) is 5.69 Å². The second-order valence-corrected chi connectivity index (χ2v) is 7.07. The van der Waals surface area contributed by atoms with Gasteiger partial charge in [-0.3, -0.25) is 4.79 Å². The number of thiophene rings is 1. The van der Waals surface area contributed by atoms with Crippen LogP contribution >= 0.6 is 23.1 Å².